The molecule has 5 rings (SSSR count). The molecule has 0 saturated carbocycles. The van der Waals surface area contributed by atoms with Crippen LogP contribution in [-0.2, 0) is 16.6 Å². The van der Waals surface area contributed by atoms with Crippen LogP contribution in [0.25, 0.3) is 11.3 Å². The number of phenolic OH excluding ortho intramolecular Hbond substituents is 1. The molecule has 218 valence electrons. The number of aromatic hydroxyl groups is 1. The van der Waals surface area contributed by atoms with Gasteiger partial charge in [0.25, 0.3) is 0 Å². The fourth-order valence-electron chi connectivity index (χ4n) is 5.21. The smallest absolute Gasteiger partial charge is 0.506 e. The zero-order chi connectivity index (χ0) is 30.2. The van der Waals surface area contributed by atoms with Crippen LogP contribution in [0.3, 0.4) is 0 Å². The zero-order valence-electron chi connectivity index (χ0n) is 22.5. The minimum absolute atomic E-state index is 0.0723. The molecule has 2 N–H and O–H groups in total. The number of benzene rings is 3. The van der Waals surface area contributed by atoms with Crippen LogP contribution in [0, 0.1) is 5.82 Å². The van der Waals surface area contributed by atoms with Gasteiger partial charge in [0.05, 0.1) is 23.8 Å². The highest BCUT2D eigenvalue weighted by molar-refractivity contribution is 6.29. The van der Waals surface area contributed by atoms with E-state index in [2.05, 4.69) is 20.0 Å². The fourth-order valence-corrected chi connectivity index (χ4v) is 5.30. The Labute approximate surface area is 243 Å². The van der Waals surface area contributed by atoms with Crippen molar-refractivity contribution in [3.8, 4) is 22.8 Å². The number of anilines is 3. The summed E-state index contributed by atoms with van der Waals surface area (Å²) in [6.07, 6.45) is -1.69. The molecule has 1 aromatic heterocycles. The van der Waals surface area contributed by atoms with Gasteiger partial charge in [-0.3, -0.25) is 9.78 Å². The predicted molar refractivity (Wildman–Crippen MR) is 151 cm³/mol. The average Bonchev–Trinajstić information content (AvgIpc) is 3.20. The molecule has 1 aliphatic rings. The summed E-state index contributed by atoms with van der Waals surface area (Å²) < 4.78 is 56.4. The first-order chi connectivity index (χ1) is 19.8. The molecular weight excluding hydrogens is 576 g/mol. The highest BCUT2D eigenvalue weighted by Crippen LogP contribution is 2.53. The highest BCUT2D eigenvalue weighted by atomic mass is 35.5. The van der Waals surface area contributed by atoms with Crippen molar-refractivity contribution < 1.29 is 32.2 Å². The van der Waals surface area contributed by atoms with Gasteiger partial charge in [-0.1, -0.05) is 43.6 Å². The first kappa shape index (κ1) is 29.1. The Morgan fingerprint density at radius 3 is 2.50 bits per heavy atom. The van der Waals surface area contributed by atoms with E-state index >= 15 is 4.39 Å². The Morgan fingerprint density at radius 1 is 1.12 bits per heavy atom. The fraction of sp³-hybridized carbons (Fsp3) is 0.233. The van der Waals surface area contributed by atoms with E-state index in [1.807, 2.05) is 43.0 Å². The molecule has 42 heavy (non-hydrogen) atoms. The van der Waals surface area contributed by atoms with E-state index in [0.717, 1.165) is 29.4 Å². The average molecular weight is 601 g/mol. The molecule has 1 amide bonds. The van der Waals surface area contributed by atoms with Crippen LogP contribution < -0.4 is 15.0 Å². The second-order valence-corrected chi connectivity index (χ2v) is 10.8. The van der Waals surface area contributed by atoms with Gasteiger partial charge < -0.3 is 20.1 Å². The third-order valence-electron chi connectivity index (χ3n) is 6.88. The molecular formula is C30H25ClF4N4O3. The van der Waals surface area contributed by atoms with E-state index in [1.165, 1.54) is 24.5 Å². The Hall–Kier alpha value is -4.38. The number of nitrogens with zero attached hydrogens (tertiary/aromatic N) is 3. The number of rotatable bonds is 7. The number of hydrogen-bond donors (Lipinski definition) is 2. The molecule has 0 spiro atoms. The van der Waals surface area contributed by atoms with Gasteiger partial charge in [-0.05, 0) is 47.9 Å². The van der Waals surface area contributed by atoms with Crippen molar-refractivity contribution in [2.24, 2.45) is 0 Å². The number of nitrogens with one attached hydrogen (secondary N) is 1. The lowest BCUT2D eigenvalue weighted by molar-refractivity contribution is -0.274. The Kier molecular flexibility index (Phi) is 7.72. The summed E-state index contributed by atoms with van der Waals surface area (Å²) in [5.74, 6) is -1.60. The van der Waals surface area contributed by atoms with Crippen LogP contribution >= 0.6 is 11.6 Å². The number of carbonyl (C=O) groups excluding carboxylic acids is 1. The third-order valence-corrected chi connectivity index (χ3v) is 7.08. The second-order valence-electron chi connectivity index (χ2n) is 10.4. The SMILES string of the molecule is CC1(C)CN(c2ccccc2CCC(=O)Nc2ccc(OC(F)(F)F)cc2)c2c(O)cc(F)c(-c3cnc(Cl)cn3)c21. The zero-order valence-corrected chi connectivity index (χ0v) is 23.2. The van der Waals surface area contributed by atoms with E-state index in [-0.39, 0.29) is 34.5 Å². The molecule has 4 aromatic rings. The van der Waals surface area contributed by atoms with E-state index in [1.54, 1.807) is 0 Å². The number of para-hydroxylation sites is 1. The van der Waals surface area contributed by atoms with Crippen molar-refractivity contribution in [3.05, 3.63) is 89.1 Å². The van der Waals surface area contributed by atoms with Gasteiger partial charge in [-0.25, -0.2) is 9.37 Å². The Bertz CT molecular complexity index is 1630. The summed E-state index contributed by atoms with van der Waals surface area (Å²) in [4.78, 5) is 22.9. The van der Waals surface area contributed by atoms with E-state index in [0.29, 0.717) is 29.9 Å². The summed E-state index contributed by atoms with van der Waals surface area (Å²) >= 11 is 5.90. The summed E-state index contributed by atoms with van der Waals surface area (Å²) in [5, 5.41) is 13.8. The second kappa shape index (κ2) is 11.1. The molecule has 0 fully saturated rings. The lowest BCUT2D eigenvalue weighted by atomic mass is 9.82. The number of amides is 1. The van der Waals surface area contributed by atoms with E-state index in [9.17, 15) is 23.1 Å². The van der Waals surface area contributed by atoms with Crippen LogP contribution in [-0.4, -0.2) is 33.9 Å². The van der Waals surface area contributed by atoms with Crippen LogP contribution in [0.5, 0.6) is 11.5 Å². The van der Waals surface area contributed by atoms with Crippen molar-refractivity contribution >= 4 is 34.6 Å². The number of alkyl halides is 3. The molecule has 2 heterocycles. The summed E-state index contributed by atoms with van der Waals surface area (Å²) in [7, 11) is 0. The Balaban J connectivity index is 1.40. The van der Waals surface area contributed by atoms with E-state index in [4.69, 9.17) is 11.6 Å². The maximum Gasteiger partial charge on any atom is 0.573 e. The van der Waals surface area contributed by atoms with Crippen molar-refractivity contribution in [2.75, 3.05) is 16.8 Å². The number of fused-ring (bicyclic) bond motifs is 1. The van der Waals surface area contributed by atoms with Crippen LogP contribution in [0.2, 0.25) is 5.15 Å². The quantitative estimate of drug-likeness (QED) is 0.213. The summed E-state index contributed by atoms with van der Waals surface area (Å²) in [6, 6.07) is 13.3. The molecule has 0 bridgehead atoms. The van der Waals surface area contributed by atoms with Crippen molar-refractivity contribution in [1.82, 2.24) is 9.97 Å². The lowest BCUT2D eigenvalue weighted by Crippen LogP contribution is -2.26. The van der Waals surface area contributed by atoms with Crippen molar-refractivity contribution in [2.45, 2.75) is 38.5 Å². The van der Waals surface area contributed by atoms with Gasteiger partial charge in [0.15, 0.2) is 0 Å². The molecule has 0 unspecified atom stereocenters. The van der Waals surface area contributed by atoms with Crippen molar-refractivity contribution in [3.63, 3.8) is 0 Å². The van der Waals surface area contributed by atoms with Gasteiger partial charge in [0.2, 0.25) is 5.91 Å². The normalized spacial score (nSPS) is 14.0. The minimum Gasteiger partial charge on any atom is -0.506 e. The molecule has 7 nitrogen and oxygen atoms in total. The number of carbonyl (C=O) groups is 1. The van der Waals surface area contributed by atoms with Gasteiger partial charge >= 0.3 is 6.36 Å². The molecule has 0 radical (unpaired) electrons. The molecule has 0 aliphatic carbocycles. The van der Waals surface area contributed by atoms with Crippen LogP contribution in [0.15, 0.2) is 67.0 Å². The summed E-state index contributed by atoms with van der Waals surface area (Å²) in [6.45, 7) is 4.29. The first-order valence-corrected chi connectivity index (χ1v) is 13.2. The third kappa shape index (κ3) is 6.11. The molecule has 3 aromatic carbocycles. The van der Waals surface area contributed by atoms with Gasteiger partial charge in [0, 0.05) is 41.4 Å². The lowest BCUT2D eigenvalue weighted by Gasteiger charge is -2.25. The largest absolute Gasteiger partial charge is 0.573 e. The number of halogens is 5. The maximum atomic E-state index is 15.3. The predicted octanol–water partition coefficient (Wildman–Crippen LogP) is 7.54. The number of aromatic nitrogens is 2. The van der Waals surface area contributed by atoms with E-state index < -0.39 is 23.3 Å². The standard InChI is InChI=1S/C30H25ClF4N4O3/c1-29(2)16-39(28-23(40)13-20(32)26(27(28)29)21-14-37-24(31)15-36-21)22-6-4-3-5-17(22)7-12-25(41)38-18-8-10-19(11-9-18)42-30(33,34)35/h3-6,8-11,13-15,40H,7,12,16H2,1-2H3,(H,38,41). The maximum absolute atomic E-state index is 15.3. The summed E-state index contributed by atoms with van der Waals surface area (Å²) in [5.41, 5.74) is 2.77. The number of hydrogen-bond acceptors (Lipinski definition) is 6. The molecule has 0 saturated heterocycles. The van der Waals surface area contributed by atoms with Gasteiger partial charge in [0.1, 0.15) is 22.5 Å². The monoisotopic (exact) mass is 600 g/mol. The molecule has 0 atom stereocenters. The first-order valence-electron chi connectivity index (χ1n) is 12.9. The van der Waals surface area contributed by atoms with Crippen molar-refractivity contribution in [1.29, 1.82) is 0 Å². The van der Waals surface area contributed by atoms with Gasteiger partial charge in [-0.2, -0.15) is 0 Å². The number of aryl methyl sites for hydroxylation is 1. The topological polar surface area (TPSA) is 87.6 Å². The Morgan fingerprint density at radius 2 is 1.83 bits per heavy atom. The minimum atomic E-state index is -4.81. The van der Waals surface area contributed by atoms with Crippen LogP contribution in [0.1, 0.15) is 31.4 Å². The molecule has 12 heteroatoms. The van der Waals surface area contributed by atoms with Gasteiger partial charge in [-0.15, -0.1) is 13.2 Å². The number of ether oxygens (including phenoxy) is 1. The van der Waals surface area contributed by atoms with Crippen LogP contribution in [0.4, 0.5) is 34.6 Å². The number of phenols is 1. The molecule has 1 aliphatic heterocycles. The highest BCUT2D eigenvalue weighted by Gasteiger charge is 2.42.